The first-order valence-corrected chi connectivity index (χ1v) is 11.6. The Morgan fingerprint density at radius 1 is 0.816 bits per heavy atom. The molecule has 0 aromatic heterocycles. The van der Waals surface area contributed by atoms with Gasteiger partial charge in [0.1, 0.15) is 18.3 Å². The van der Waals surface area contributed by atoms with Gasteiger partial charge in [0.05, 0.1) is 6.61 Å². The van der Waals surface area contributed by atoms with Gasteiger partial charge in [0.25, 0.3) is 5.91 Å². The molecule has 1 saturated heterocycles. The highest BCUT2D eigenvalue weighted by Crippen LogP contribution is 2.30. The maximum absolute atomic E-state index is 12.8. The molecule has 15 heteroatoms. The Bertz CT molecular complexity index is 915. The average molecular weight is 549 g/mol. The van der Waals surface area contributed by atoms with Crippen molar-refractivity contribution in [3.8, 4) is 0 Å². The Hall–Kier alpha value is -3.30. The van der Waals surface area contributed by atoms with Gasteiger partial charge in [-0.2, -0.15) is 0 Å². The van der Waals surface area contributed by atoms with Crippen LogP contribution in [0.15, 0.2) is 0 Å². The van der Waals surface area contributed by atoms with Gasteiger partial charge in [-0.3, -0.25) is 24.0 Å². The summed E-state index contributed by atoms with van der Waals surface area (Å²) < 4.78 is 37.5. The minimum absolute atomic E-state index is 0.493. The van der Waals surface area contributed by atoms with Gasteiger partial charge in [-0.25, -0.2) is 4.79 Å². The molecule has 0 radical (unpaired) electrons. The number of hydrogen-bond acceptors (Lipinski definition) is 14. The smallest absolute Gasteiger partial charge is 0.338 e. The van der Waals surface area contributed by atoms with Crippen molar-refractivity contribution in [3.05, 3.63) is 0 Å². The summed E-state index contributed by atoms with van der Waals surface area (Å²) in [6, 6.07) is 0. The molecule has 0 aliphatic carbocycles. The molecule has 1 fully saturated rings. The first kappa shape index (κ1) is 32.7. The molecule has 0 unspecified atom stereocenters. The second-order valence-corrected chi connectivity index (χ2v) is 9.43. The van der Waals surface area contributed by atoms with Crippen molar-refractivity contribution >= 4 is 35.8 Å². The van der Waals surface area contributed by atoms with Crippen molar-refractivity contribution in [2.45, 2.75) is 90.3 Å². The predicted octanol–water partition coefficient (Wildman–Crippen LogP) is -1.13. The van der Waals surface area contributed by atoms with E-state index in [0.29, 0.717) is 0 Å². The molecule has 15 nitrogen and oxygen atoms in total. The summed E-state index contributed by atoms with van der Waals surface area (Å²) in [7, 11) is 1.24. The molecule has 6 atom stereocenters. The fraction of sp³-hybridized carbons (Fsp3) is 0.739. The molecule has 38 heavy (non-hydrogen) atoms. The first-order chi connectivity index (χ1) is 17.4. The monoisotopic (exact) mass is 548 g/mol. The van der Waals surface area contributed by atoms with Crippen LogP contribution < -0.4 is 11.1 Å². The number of amides is 1. The van der Waals surface area contributed by atoms with Crippen LogP contribution in [0.5, 0.6) is 0 Å². The lowest BCUT2D eigenvalue weighted by Gasteiger charge is -2.44. The number of ether oxygens (including phenoxy) is 7. The fourth-order valence-corrected chi connectivity index (χ4v) is 3.35. The number of rotatable bonds is 10. The molecular weight excluding hydrogens is 512 g/mol. The first-order valence-electron chi connectivity index (χ1n) is 11.6. The van der Waals surface area contributed by atoms with Crippen LogP contribution in [0.1, 0.15) is 48.5 Å². The number of likely N-dealkylation sites (N-methyl/N-ethyl adjacent to an activating group) is 1. The van der Waals surface area contributed by atoms with E-state index in [9.17, 15) is 28.8 Å². The number of carbonyl (C=O) groups excluding carboxylic acids is 6. The summed E-state index contributed by atoms with van der Waals surface area (Å²) in [5, 5.41) is 2.25. The molecule has 0 saturated carbocycles. The SMILES string of the molecule is CNC(=O)[C@@](N)(CO[C@@H]1O[C@H](COC(C)=O)[C@@H](OC(C)=O)[C@H](OC(C)=O)[C@H]1OC(C)=O)C(=O)OC(C)(C)C. The van der Waals surface area contributed by atoms with Gasteiger partial charge < -0.3 is 44.2 Å². The number of nitrogens with two attached hydrogens (primary N) is 1. The Morgan fingerprint density at radius 2 is 1.32 bits per heavy atom. The number of nitrogens with one attached hydrogen (secondary N) is 1. The van der Waals surface area contributed by atoms with Gasteiger partial charge in [-0.1, -0.05) is 0 Å². The highest BCUT2D eigenvalue weighted by molar-refractivity contribution is 6.07. The van der Waals surface area contributed by atoms with E-state index in [2.05, 4.69) is 5.32 Å². The summed E-state index contributed by atoms with van der Waals surface area (Å²) in [6.45, 7) is 7.65. The van der Waals surface area contributed by atoms with Gasteiger partial charge in [0.2, 0.25) is 5.54 Å². The van der Waals surface area contributed by atoms with Crippen LogP contribution in [0, 0.1) is 0 Å². The Morgan fingerprint density at radius 3 is 1.76 bits per heavy atom. The average Bonchev–Trinajstić information content (AvgIpc) is 2.76. The van der Waals surface area contributed by atoms with Crippen molar-refractivity contribution < 1.29 is 61.9 Å². The minimum Gasteiger partial charge on any atom is -0.463 e. The lowest BCUT2D eigenvalue weighted by molar-refractivity contribution is -0.309. The summed E-state index contributed by atoms with van der Waals surface area (Å²) in [4.78, 5) is 72.5. The molecule has 1 amide bonds. The van der Waals surface area contributed by atoms with E-state index in [4.69, 9.17) is 38.9 Å². The molecule has 3 N–H and O–H groups in total. The van der Waals surface area contributed by atoms with E-state index >= 15 is 0 Å². The van der Waals surface area contributed by atoms with E-state index in [-0.39, 0.29) is 0 Å². The molecule has 216 valence electrons. The van der Waals surface area contributed by atoms with Crippen LogP contribution in [0.4, 0.5) is 0 Å². The van der Waals surface area contributed by atoms with Crippen LogP contribution in [0.2, 0.25) is 0 Å². The summed E-state index contributed by atoms with van der Waals surface area (Å²) in [5.74, 6) is -5.31. The third-order valence-corrected chi connectivity index (χ3v) is 4.82. The zero-order valence-corrected chi connectivity index (χ0v) is 22.7. The van der Waals surface area contributed by atoms with Crippen molar-refractivity contribution in [2.24, 2.45) is 5.73 Å². The van der Waals surface area contributed by atoms with Crippen molar-refractivity contribution in [1.82, 2.24) is 5.32 Å². The molecule has 0 spiro atoms. The van der Waals surface area contributed by atoms with Gasteiger partial charge >= 0.3 is 29.8 Å². The zero-order chi connectivity index (χ0) is 29.4. The summed E-state index contributed by atoms with van der Waals surface area (Å²) in [5.41, 5.74) is 2.71. The van der Waals surface area contributed by atoms with Crippen LogP contribution >= 0.6 is 0 Å². The van der Waals surface area contributed by atoms with Crippen molar-refractivity contribution in [1.29, 1.82) is 0 Å². The zero-order valence-electron chi connectivity index (χ0n) is 22.7. The summed E-state index contributed by atoms with van der Waals surface area (Å²) >= 11 is 0. The van der Waals surface area contributed by atoms with Gasteiger partial charge in [-0.15, -0.1) is 0 Å². The van der Waals surface area contributed by atoms with Crippen LogP contribution in [0.25, 0.3) is 0 Å². The number of hydrogen-bond donors (Lipinski definition) is 2. The van der Waals surface area contributed by atoms with Gasteiger partial charge in [-0.05, 0) is 20.8 Å². The maximum atomic E-state index is 12.8. The van der Waals surface area contributed by atoms with Crippen LogP contribution in [-0.4, -0.2) is 97.9 Å². The van der Waals surface area contributed by atoms with Crippen molar-refractivity contribution in [2.75, 3.05) is 20.3 Å². The molecule has 1 aliphatic heterocycles. The van der Waals surface area contributed by atoms with Gasteiger partial charge in [0, 0.05) is 34.7 Å². The van der Waals surface area contributed by atoms with Crippen LogP contribution in [-0.2, 0) is 61.9 Å². The second kappa shape index (κ2) is 13.5. The highest BCUT2D eigenvalue weighted by Gasteiger charge is 2.54. The van der Waals surface area contributed by atoms with E-state index in [1.807, 2.05) is 0 Å². The minimum atomic E-state index is -2.39. The molecule has 1 rings (SSSR count). The Kier molecular flexibility index (Phi) is 11.6. The second-order valence-electron chi connectivity index (χ2n) is 9.43. The predicted molar refractivity (Wildman–Crippen MR) is 125 cm³/mol. The number of carbonyl (C=O) groups is 6. The standard InChI is InChI=1S/C23H36N2O13/c1-11(26)32-9-15-16(34-12(2)27)17(35-13(3)28)18(36-14(4)29)19(37-15)33-10-23(24,20(30)25-8)21(31)38-22(5,6)7/h15-19H,9-10,24H2,1-8H3,(H,25,30)/t15-,16-,17+,18-,19-,23+/m1/s1. The largest absolute Gasteiger partial charge is 0.463 e. The third kappa shape index (κ3) is 9.54. The normalized spacial score (nSPS) is 24.7. The highest BCUT2D eigenvalue weighted by atomic mass is 16.7. The third-order valence-electron chi connectivity index (χ3n) is 4.82. The van der Waals surface area contributed by atoms with E-state index < -0.39 is 90.8 Å². The number of esters is 5. The van der Waals surface area contributed by atoms with Crippen LogP contribution in [0.3, 0.4) is 0 Å². The molecule has 0 bridgehead atoms. The van der Waals surface area contributed by atoms with E-state index in [1.54, 1.807) is 20.8 Å². The Balaban J connectivity index is 3.47. The fourth-order valence-electron chi connectivity index (χ4n) is 3.35. The van der Waals surface area contributed by atoms with E-state index in [1.165, 1.54) is 7.05 Å². The van der Waals surface area contributed by atoms with Gasteiger partial charge in [0.15, 0.2) is 24.6 Å². The molecule has 0 aromatic rings. The molecular formula is C23H36N2O13. The molecule has 1 aliphatic rings. The van der Waals surface area contributed by atoms with E-state index in [0.717, 1.165) is 27.7 Å². The molecule has 1 heterocycles. The Labute approximate surface area is 219 Å². The van der Waals surface area contributed by atoms with Crippen molar-refractivity contribution in [3.63, 3.8) is 0 Å². The topological polar surface area (TPSA) is 205 Å². The molecule has 0 aromatic carbocycles. The lowest BCUT2D eigenvalue weighted by atomic mass is 9.97. The maximum Gasteiger partial charge on any atom is 0.338 e. The lowest BCUT2D eigenvalue weighted by Crippen LogP contribution is -2.66. The quantitative estimate of drug-likeness (QED) is 0.188. The summed E-state index contributed by atoms with van der Waals surface area (Å²) in [6.07, 6.45) is -7.43.